The Morgan fingerprint density at radius 3 is 2.50 bits per heavy atom. The van der Waals surface area contributed by atoms with Crippen LogP contribution in [0.1, 0.15) is 42.6 Å². The summed E-state index contributed by atoms with van der Waals surface area (Å²) in [7, 11) is 0. The fourth-order valence-electron chi connectivity index (χ4n) is 2.64. The van der Waals surface area contributed by atoms with Gasteiger partial charge in [-0.1, -0.05) is 25.4 Å². The second-order valence-corrected chi connectivity index (χ2v) is 6.63. The van der Waals surface area contributed by atoms with Gasteiger partial charge in [-0.15, -0.1) is 0 Å². The van der Waals surface area contributed by atoms with Gasteiger partial charge in [0.1, 0.15) is 11.0 Å². The molecule has 2 heterocycles. The lowest BCUT2D eigenvalue weighted by Gasteiger charge is -2.17. The highest BCUT2D eigenvalue weighted by Crippen LogP contribution is 2.33. The van der Waals surface area contributed by atoms with Crippen LogP contribution in [0.2, 0.25) is 5.15 Å². The molecular formula is C18H19ClF5N3O3. The molecule has 0 aromatic carbocycles. The Balaban J connectivity index is 2.56. The SMILES string of the molecule is CCOC(=O)c1nc(CC)n(-c2ncc(C[C@@H](C)C(F)(F)F)cc2OC(F)F)c1Cl. The Kier molecular flexibility index (Phi) is 7.62. The third kappa shape index (κ3) is 5.38. The molecule has 0 unspecified atom stereocenters. The maximum atomic E-state index is 13.0. The number of ether oxygens (including phenoxy) is 2. The third-order valence-corrected chi connectivity index (χ3v) is 4.44. The molecule has 6 nitrogen and oxygen atoms in total. The van der Waals surface area contributed by atoms with E-state index in [1.54, 1.807) is 13.8 Å². The first-order valence-corrected chi connectivity index (χ1v) is 9.32. The van der Waals surface area contributed by atoms with Gasteiger partial charge in [0.2, 0.25) is 0 Å². The number of carbonyl (C=O) groups is 1. The van der Waals surface area contributed by atoms with E-state index in [1.807, 2.05) is 0 Å². The van der Waals surface area contributed by atoms with Crippen molar-refractivity contribution in [3.63, 3.8) is 0 Å². The summed E-state index contributed by atoms with van der Waals surface area (Å²) >= 11 is 6.23. The standard InChI is InChI=1S/C18H19ClF5N3O3/c1-4-12-26-13(16(28)29-5-2)14(19)27(12)15-11(30-17(20)21)7-10(8-25-15)6-9(3)18(22,23)24/h7-9,17H,4-6H2,1-3H3/t9-/m1/s1. The molecule has 0 aliphatic carbocycles. The second kappa shape index (κ2) is 9.59. The molecule has 0 aliphatic heterocycles. The van der Waals surface area contributed by atoms with E-state index in [-0.39, 0.29) is 41.1 Å². The van der Waals surface area contributed by atoms with Gasteiger partial charge < -0.3 is 9.47 Å². The zero-order chi connectivity index (χ0) is 22.6. The minimum atomic E-state index is -4.46. The fraction of sp³-hybridized carbons (Fsp3) is 0.500. The van der Waals surface area contributed by atoms with E-state index >= 15 is 0 Å². The van der Waals surface area contributed by atoms with Crippen LogP contribution in [0.25, 0.3) is 5.82 Å². The second-order valence-electron chi connectivity index (χ2n) is 6.27. The van der Waals surface area contributed by atoms with Crippen LogP contribution in [0.3, 0.4) is 0 Å². The highest BCUT2D eigenvalue weighted by Gasteiger charge is 2.36. The van der Waals surface area contributed by atoms with E-state index in [0.717, 1.165) is 23.8 Å². The van der Waals surface area contributed by atoms with Crippen molar-refractivity contribution in [3.05, 3.63) is 34.5 Å². The number of alkyl halides is 5. The third-order valence-electron chi connectivity index (χ3n) is 4.09. The summed E-state index contributed by atoms with van der Waals surface area (Å²) in [5.41, 5.74) is -0.200. The normalized spacial score (nSPS) is 12.9. The van der Waals surface area contributed by atoms with Gasteiger partial charge in [0.05, 0.1) is 12.5 Å². The summed E-state index contributed by atoms with van der Waals surface area (Å²) in [5, 5.41) is -0.242. The predicted molar refractivity (Wildman–Crippen MR) is 97.3 cm³/mol. The lowest BCUT2D eigenvalue weighted by Crippen LogP contribution is -2.22. The number of halogens is 6. The number of carbonyl (C=O) groups excluding carboxylic acids is 1. The lowest BCUT2D eigenvalue weighted by atomic mass is 10.0. The summed E-state index contributed by atoms with van der Waals surface area (Å²) < 4.78 is 74.9. The minimum absolute atomic E-state index is 0.0409. The first-order chi connectivity index (χ1) is 14.0. The molecule has 2 aromatic heterocycles. The molecule has 0 amide bonds. The highest BCUT2D eigenvalue weighted by molar-refractivity contribution is 6.32. The van der Waals surface area contributed by atoms with Crippen LogP contribution < -0.4 is 4.74 Å². The van der Waals surface area contributed by atoms with Crippen molar-refractivity contribution >= 4 is 17.6 Å². The topological polar surface area (TPSA) is 66.2 Å². The summed E-state index contributed by atoms with van der Waals surface area (Å²) in [4.78, 5) is 20.1. The number of hydrogen-bond acceptors (Lipinski definition) is 5. The van der Waals surface area contributed by atoms with E-state index in [2.05, 4.69) is 14.7 Å². The van der Waals surface area contributed by atoms with Crippen molar-refractivity contribution < 1.29 is 36.2 Å². The van der Waals surface area contributed by atoms with Gasteiger partial charge in [0.25, 0.3) is 0 Å². The van der Waals surface area contributed by atoms with Crippen LogP contribution >= 0.6 is 11.6 Å². The van der Waals surface area contributed by atoms with Crippen LogP contribution in [0.4, 0.5) is 22.0 Å². The molecule has 0 saturated heterocycles. The average Bonchev–Trinajstić information content (AvgIpc) is 2.97. The van der Waals surface area contributed by atoms with Crippen molar-refractivity contribution in [2.24, 2.45) is 5.92 Å². The molecule has 0 spiro atoms. The van der Waals surface area contributed by atoms with Crippen molar-refractivity contribution in [2.45, 2.75) is 46.4 Å². The van der Waals surface area contributed by atoms with Gasteiger partial charge in [-0.25, -0.2) is 14.8 Å². The predicted octanol–water partition coefficient (Wildman–Crippen LogP) is 5.00. The number of hydrogen-bond donors (Lipinski definition) is 0. The number of aryl methyl sites for hydroxylation is 1. The van der Waals surface area contributed by atoms with Crippen molar-refractivity contribution in [1.82, 2.24) is 14.5 Å². The van der Waals surface area contributed by atoms with Crippen LogP contribution in [-0.4, -0.2) is 39.9 Å². The molecule has 2 aromatic rings. The molecule has 2 rings (SSSR count). The highest BCUT2D eigenvalue weighted by atomic mass is 35.5. The van der Waals surface area contributed by atoms with Gasteiger partial charge in [0, 0.05) is 12.6 Å². The van der Waals surface area contributed by atoms with Crippen LogP contribution in [0.15, 0.2) is 12.3 Å². The largest absolute Gasteiger partial charge is 0.461 e. The minimum Gasteiger partial charge on any atom is -0.461 e. The first-order valence-electron chi connectivity index (χ1n) is 8.94. The van der Waals surface area contributed by atoms with Gasteiger partial charge in [-0.2, -0.15) is 22.0 Å². The van der Waals surface area contributed by atoms with Crippen LogP contribution in [0.5, 0.6) is 5.75 Å². The molecule has 0 fully saturated rings. The molecule has 30 heavy (non-hydrogen) atoms. The maximum Gasteiger partial charge on any atom is 0.391 e. The summed E-state index contributed by atoms with van der Waals surface area (Å²) in [6, 6.07) is 1.04. The number of nitrogens with zero attached hydrogens (tertiary/aromatic N) is 3. The number of aromatic nitrogens is 3. The molecule has 0 saturated carbocycles. The zero-order valence-corrected chi connectivity index (χ0v) is 17.0. The number of rotatable bonds is 8. The van der Waals surface area contributed by atoms with E-state index in [1.165, 1.54) is 0 Å². The Labute approximate surface area is 174 Å². The van der Waals surface area contributed by atoms with Gasteiger partial charge in [-0.05, 0) is 25.0 Å². The van der Waals surface area contributed by atoms with E-state index in [9.17, 15) is 26.7 Å². The Morgan fingerprint density at radius 2 is 1.97 bits per heavy atom. The van der Waals surface area contributed by atoms with Crippen LogP contribution in [-0.2, 0) is 17.6 Å². The van der Waals surface area contributed by atoms with Gasteiger partial charge >= 0.3 is 18.8 Å². The van der Waals surface area contributed by atoms with Gasteiger partial charge in [0.15, 0.2) is 17.3 Å². The average molecular weight is 456 g/mol. The summed E-state index contributed by atoms with van der Waals surface area (Å²) in [6.07, 6.45) is -3.60. The summed E-state index contributed by atoms with van der Waals surface area (Å²) in [6.45, 7) is 1.03. The molecule has 1 atom stereocenters. The molecule has 0 radical (unpaired) electrons. The molecule has 0 bridgehead atoms. The smallest absolute Gasteiger partial charge is 0.391 e. The quantitative estimate of drug-likeness (QED) is 0.414. The number of esters is 1. The van der Waals surface area contributed by atoms with Crippen molar-refractivity contribution in [2.75, 3.05) is 6.61 Å². The van der Waals surface area contributed by atoms with E-state index in [0.29, 0.717) is 0 Å². The van der Waals surface area contributed by atoms with Crippen molar-refractivity contribution in [3.8, 4) is 11.6 Å². The molecular weight excluding hydrogens is 437 g/mol. The van der Waals surface area contributed by atoms with Crippen LogP contribution in [0, 0.1) is 5.92 Å². The molecule has 12 heteroatoms. The zero-order valence-electron chi connectivity index (χ0n) is 16.3. The Morgan fingerprint density at radius 1 is 1.30 bits per heavy atom. The monoisotopic (exact) mass is 455 g/mol. The summed E-state index contributed by atoms with van der Waals surface area (Å²) in [5.74, 6) is -3.07. The van der Waals surface area contributed by atoms with Gasteiger partial charge in [-0.3, -0.25) is 4.57 Å². The Bertz CT molecular complexity index is 902. The maximum absolute atomic E-state index is 13.0. The number of pyridine rings is 1. The van der Waals surface area contributed by atoms with Crippen molar-refractivity contribution in [1.29, 1.82) is 0 Å². The van der Waals surface area contributed by atoms with E-state index < -0.39 is 36.8 Å². The first kappa shape index (κ1) is 23.8. The number of imidazole rings is 1. The molecule has 0 aliphatic rings. The molecule has 0 N–H and O–H groups in total. The lowest BCUT2D eigenvalue weighted by molar-refractivity contribution is -0.169. The fourth-order valence-corrected chi connectivity index (χ4v) is 2.93. The van der Waals surface area contributed by atoms with E-state index in [4.69, 9.17) is 16.3 Å². The Hall–Kier alpha value is -2.43. The molecule has 166 valence electrons.